The van der Waals surface area contributed by atoms with E-state index >= 15 is 4.39 Å². The molecule has 0 saturated carbocycles. The van der Waals surface area contributed by atoms with Crippen LogP contribution in [0.2, 0.25) is 0 Å². The SMILES string of the molecule is C#Cc1c(F)ccc2cc(O)cc(-c3nc(C#C)c4c(N5CC6CCC(C5)N6)nc(OCCc5ccccn5)nc4c3F)c12. The predicted molar refractivity (Wildman–Crippen MR) is 163 cm³/mol. The molecule has 5 aromatic rings. The van der Waals surface area contributed by atoms with Crippen LogP contribution in [0.15, 0.2) is 48.7 Å². The monoisotopic (exact) mass is 588 g/mol. The van der Waals surface area contributed by atoms with Gasteiger partial charge in [-0.15, -0.1) is 12.8 Å². The topological polar surface area (TPSA) is 96.3 Å². The quantitative estimate of drug-likeness (QED) is 0.275. The molecule has 218 valence electrons. The van der Waals surface area contributed by atoms with Gasteiger partial charge < -0.3 is 20.1 Å². The molecule has 0 spiro atoms. The van der Waals surface area contributed by atoms with E-state index in [0.717, 1.165) is 18.5 Å². The first-order chi connectivity index (χ1) is 21.4. The fourth-order valence-electron chi connectivity index (χ4n) is 6.23. The minimum Gasteiger partial charge on any atom is -0.508 e. The third-order valence-electron chi connectivity index (χ3n) is 8.17. The number of hydrogen-bond acceptors (Lipinski definition) is 8. The number of benzene rings is 2. The summed E-state index contributed by atoms with van der Waals surface area (Å²) in [7, 11) is 0. The van der Waals surface area contributed by atoms with Gasteiger partial charge >= 0.3 is 6.01 Å². The molecule has 2 aliphatic heterocycles. The first-order valence-corrected chi connectivity index (χ1v) is 14.3. The highest BCUT2D eigenvalue weighted by Gasteiger charge is 2.35. The second-order valence-corrected chi connectivity index (χ2v) is 10.9. The summed E-state index contributed by atoms with van der Waals surface area (Å²) in [6.07, 6.45) is 15.9. The van der Waals surface area contributed by atoms with E-state index in [-0.39, 0.29) is 69.3 Å². The van der Waals surface area contributed by atoms with Gasteiger partial charge in [-0.05, 0) is 54.5 Å². The van der Waals surface area contributed by atoms with Crippen LogP contribution in [0, 0.1) is 36.3 Å². The number of nitrogens with zero attached hydrogens (tertiary/aromatic N) is 5. The van der Waals surface area contributed by atoms with E-state index in [2.05, 4.69) is 37.0 Å². The van der Waals surface area contributed by atoms with Gasteiger partial charge in [0.1, 0.15) is 34.3 Å². The summed E-state index contributed by atoms with van der Waals surface area (Å²) in [5, 5.41) is 15.0. The van der Waals surface area contributed by atoms with E-state index in [0.29, 0.717) is 30.7 Å². The maximum atomic E-state index is 16.8. The second-order valence-electron chi connectivity index (χ2n) is 10.9. The van der Waals surface area contributed by atoms with E-state index < -0.39 is 11.6 Å². The fourth-order valence-corrected chi connectivity index (χ4v) is 6.23. The number of aromatic nitrogens is 4. The van der Waals surface area contributed by atoms with E-state index in [1.54, 1.807) is 6.20 Å². The number of halogens is 2. The van der Waals surface area contributed by atoms with Gasteiger partial charge in [0.2, 0.25) is 0 Å². The average molecular weight is 589 g/mol. The Morgan fingerprint density at radius 1 is 1.00 bits per heavy atom. The van der Waals surface area contributed by atoms with Crippen molar-refractivity contribution in [1.82, 2.24) is 25.3 Å². The highest BCUT2D eigenvalue weighted by molar-refractivity contribution is 6.04. The minimum absolute atomic E-state index is 0.0237. The summed E-state index contributed by atoms with van der Waals surface area (Å²) in [4.78, 5) is 20.2. The largest absolute Gasteiger partial charge is 0.508 e. The lowest BCUT2D eigenvalue weighted by atomic mass is 9.95. The number of rotatable bonds is 6. The van der Waals surface area contributed by atoms with Crippen LogP contribution in [-0.2, 0) is 6.42 Å². The Kier molecular flexibility index (Phi) is 6.92. The van der Waals surface area contributed by atoms with Crippen LogP contribution < -0.4 is 15.0 Å². The van der Waals surface area contributed by atoms with Crippen molar-refractivity contribution in [2.24, 2.45) is 0 Å². The van der Waals surface area contributed by atoms with Crippen molar-refractivity contribution in [2.45, 2.75) is 31.3 Å². The van der Waals surface area contributed by atoms with Crippen LogP contribution in [0.1, 0.15) is 29.8 Å². The van der Waals surface area contributed by atoms with Crippen molar-refractivity contribution in [3.63, 3.8) is 0 Å². The molecule has 3 aromatic heterocycles. The highest BCUT2D eigenvalue weighted by atomic mass is 19.1. The molecule has 2 saturated heterocycles. The lowest BCUT2D eigenvalue weighted by molar-refractivity contribution is 0.296. The minimum atomic E-state index is -0.825. The van der Waals surface area contributed by atoms with Crippen molar-refractivity contribution in [2.75, 3.05) is 24.6 Å². The van der Waals surface area contributed by atoms with Gasteiger partial charge in [0.25, 0.3) is 0 Å². The zero-order valence-corrected chi connectivity index (χ0v) is 23.5. The van der Waals surface area contributed by atoms with E-state index in [1.165, 1.54) is 24.3 Å². The number of aromatic hydroxyl groups is 1. The van der Waals surface area contributed by atoms with Crippen LogP contribution in [0.3, 0.4) is 0 Å². The van der Waals surface area contributed by atoms with Gasteiger partial charge in [-0.2, -0.15) is 9.97 Å². The average Bonchev–Trinajstić information content (AvgIpc) is 3.38. The molecule has 2 aliphatic rings. The second kappa shape index (κ2) is 11.1. The Bertz CT molecular complexity index is 2010. The molecular weight excluding hydrogens is 562 g/mol. The Labute approximate surface area is 252 Å². The number of hydrogen-bond donors (Lipinski definition) is 2. The van der Waals surface area contributed by atoms with Crippen molar-refractivity contribution in [3.05, 3.63) is 77.2 Å². The van der Waals surface area contributed by atoms with E-state index in [1.807, 2.05) is 18.2 Å². The molecule has 44 heavy (non-hydrogen) atoms. The number of terminal acetylenes is 2. The Hall–Kier alpha value is -5.32. The number of nitrogens with one attached hydrogen (secondary N) is 1. The fraction of sp³-hybridized carbons (Fsp3) is 0.235. The molecule has 2 fully saturated rings. The third kappa shape index (κ3) is 4.80. The van der Waals surface area contributed by atoms with E-state index in [4.69, 9.17) is 22.6 Å². The van der Waals surface area contributed by atoms with Crippen LogP contribution >= 0.6 is 0 Å². The lowest BCUT2D eigenvalue weighted by Crippen LogP contribution is -2.51. The molecule has 2 atom stereocenters. The number of piperazine rings is 1. The molecule has 2 aromatic carbocycles. The number of phenols is 1. The lowest BCUT2D eigenvalue weighted by Gasteiger charge is -2.34. The molecular formula is C34H26F2N6O2. The van der Waals surface area contributed by atoms with Crippen molar-refractivity contribution in [1.29, 1.82) is 0 Å². The van der Waals surface area contributed by atoms with Crippen LogP contribution in [-0.4, -0.2) is 56.8 Å². The van der Waals surface area contributed by atoms with Gasteiger partial charge in [0, 0.05) is 54.4 Å². The summed E-state index contributed by atoms with van der Waals surface area (Å²) in [6, 6.07) is 11.5. The standard InChI is InChI=1S/C34H26F2N6O2/c1-3-24-26(35)11-8-19-15-23(43)16-25(28(19)24)31-30(36)32-29(27(4-2)39-31)33(42-17-21-9-10-22(18-42)38-21)41-34(40-32)44-14-12-20-7-5-6-13-37-20/h1-2,5-8,11,13,15-16,21-22,38,43H,9-10,12,14,17-18H2. The van der Waals surface area contributed by atoms with Crippen molar-refractivity contribution >= 4 is 27.5 Å². The number of fused-ring (bicyclic) bond motifs is 4. The van der Waals surface area contributed by atoms with Gasteiger partial charge in [-0.3, -0.25) is 4.98 Å². The number of anilines is 1. The van der Waals surface area contributed by atoms with Crippen LogP contribution in [0.25, 0.3) is 32.9 Å². The molecule has 2 N–H and O–H groups in total. The number of ether oxygens (including phenoxy) is 1. The number of phenolic OH excluding ortho intramolecular Hbond substituents is 1. The molecule has 5 heterocycles. The Morgan fingerprint density at radius 3 is 2.55 bits per heavy atom. The summed E-state index contributed by atoms with van der Waals surface area (Å²) in [5.41, 5.74) is 0.611. The smallest absolute Gasteiger partial charge is 0.319 e. The molecule has 2 bridgehead atoms. The normalized spacial score (nSPS) is 17.5. The highest BCUT2D eigenvalue weighted by Crippen LogP contribution is 2.40. The van der Waals surface area contributed by atoms with E-state index in [9.17, 15) is 9.50 Å². The molecule has 0 aliphatic carbocycles. The summed E-state index contributed by atoms with van der Waals surface area (Å²) in [6.45, 7) is 1.50. The van der Waals surface area contributed by atoms with Gasteiger partial charge in [0.15, 0.2) is 5.82 Å². The zero-order valence-electron chi connectivity index (χ0n) is 23.5. The molecule has 2 unspecified atom stereocenters. The molecule has 0 radical (unpaired) electrons. The molecule has 10 heteroatoms. The molecule has 7 rings (SSSR count). The maximum Gasteiger partial charge on any atom is 0.319 e. The summed E-state index contributed by atoms with van der Waals surface area (Å²) in [5.74, 6) is 3.71. The Morgan fingerprint density at radius 2 is 1.82 bits per heavy atom. The van der Waals surface area contributed by atoms with Gasteiger partial charge in [-0.25, -0.2) is 13.8 Å². The van der Waals surface area contributed by atoms with Crippen molar-refractivity contribution < 1.29 is 18.6 Å². The molecule has 8 nitrogen and oxygen atoms in total. The number of pyridine rings is 2. The predicted octanol–water partition coefficient (Wildman–Crippen LogP) is 4.75. The van der Waals surface area contributed by atoms with Crippen molar-refractivity contribution in [3.8, 4) is 47.7 Å². The van der Waals surface area contributed by atoms with Crippen LogP contribution in [0.5, 0.6) is 11.8 Å². The summed E-state index contributed by atoms with van der Waals surface area (Å²) < 4.78 is 37.6. The zero-order chi connectivity index (χ0) is 30.4. The first-order valence-electron chi connectivity index (χ1n) is 14.3. The molecule has 0 amide bonds. The Balaban J connectivity index is 1.43. The first kappa shape index (κ1) is 27.5. The van der Waals surface area contributed by atoms with Crippen LogP contribution in [0.4, 0.5) is 14.6 Å². The summed E-state index contributed by atoms with van der Waals surface area (Å²) >= 11 is 0. The maximum absolute atomic E-state index is 16.8. The third-order valence-corrected chi connectivity index (χ3v) is 8.17. The van der Waals surface area contributed by atoms with Gasteiger partial charge in [-0.1, -0.05) is 18.1 Å². The van der Waals surface area contributed by atoms with Gasteiger partial charge in [0.05, 0.1) is 17.6 Å².